The lowest BCUT2D eigenvalue weighted by Gasteiger charge is -2.14. The second-order valence-electron chi connectivity index (χ2n) is 2.11. The van der Waals surface area contributed by atoms with Crippen LogP contribution in [-0.4, -0.2) is 23.7 Å². The van der Waals surface area contributed by atoms with Gasteiger partial charge >= 0.3 is 0 Å². The van der Waals surface area contributed by atoms with E-state index >= 15 is 0 Å². The minimum absolute atomic E-state index is 0.152. The van der Waals surface area contributed by atoms with Crippen molar-refractivity contribution in [3.8, 4) is 0 Å². The SMILES string of the molecule is O=C([O-])CC[C@@H](CO)C(=O)[O-]. The van der Waals surface area contributed by atoms with Crippen molar-refractivity contribution in [3.05, 3.63) is 0 Å². The van der Waals surface area contributed by atoms with E-state index in [1.807, 2.05) is 0 Å². The molecule has 0 aromatic carbocycles. The van der Waals surface area contributed by atoms with Crippen molar-refractivity contribution < 1.29 is 24.9 Å². The van der Waals surface area contributed by atoms with Gasteiger partial charge in [-0.05, 0) is 12.8 Å². The van der Waals surface area contributed by atoms with E-state index in [2.05, 4.69) is 0 Å². The molecule has 11 heavy (non-hydrogen) atoms. The molecule has 0 fully saturated rings. The Balaban J connectivity index is 3.70. The van der Waals surface area contributed by atoms with Crippen molar-refractivity contribution in [1.29, 1.82) is 0 Å². The molecule has 0 aliphatic carbocycles. The van der Waals surface area contributed by atoms with Crippen molar-refractivity contribution >= 4 is 11.9 Å². The highest BCUT2D eigenvalue weighted by Gasteiger charge is 2.07. The average Bonchev–Trinajstić information content (AvgIpc) is 1.87. The van der Waals surface area contributed by atoms with Crippen LogP contribution in [0.2, 0.25) is 0 Å². The fourth-order valence-electron chi connectivity index (χ4n) is 0.576. The molecule has 0 aromatic heterocycles. The van der Waals surface area contributed by atoms with Gasteiger partial charge in [0.2, 0.25) is 0 Å². The molecule has 0 saturated carbocycles. The summed E-state index contributed by atoms with van der Waals surface area (Å²) >= 11 is 0. The summed E-state index contributed by atoms with van der Waals surface area (Å²) in [6.45, 7) is -0.602. The van der Waals surface area contributed by atoms with E-state index in [0.29, 0.717) is 0 Å². The first-order valence-electron chi connectivity index (χ1n) is 3.09. The lowest BCUT2D eigenvalue weighted by atomic mass is 10.1. The van der Waals surface area contributed by atoms with Crippen molar-refractivity contribution in [2.45, 2.75) is 12.8 Å². The summed E-state index contributed by atoms with van der Waals surface area (Å²) in [5, 5.41) is 28.3. The Labute approximate surface area is 63.3 Å². The number of carboxylic acid groups (broad SMARTS) is 2. The fourth-order valence-corrected chi connectivity index (χ4v) is 0.576. The number of aliphatic hydroxyl groups is 1. The molecule has 0 bridgehead atoms. The topological polar surface area (TPSA) is 100 Å². The summed E-state index contributed by atoms with van der Waals surface area (Å²) < 4.78 is 0. The predicted molar refractivity (Wildman–Crippen MR) is 29.8 cm³/mol. The van der Waals surface area contributed by atoms with Crippen LogP contribution in [0.3, 0.4) is 0 Å². The maximum Gasteiger partial charge on any atom is 0.0511 e. The van der Waals surface area contributed by atoms with Crippen LogP contribution in [0.25, 0.3) is 0 Å². The third-order valence-corrected chi connectivity index (χ3v) is 1.25. The van der Waals surface area contributed by atoms with Crippen LogP contribution in [0.4, 0.5) is 0 Å². The van der Waals surface area contributed by atoms with Gasteiger partial charge in [0, 0.05) is 17.9 Å². The van der Waals surface area contributed by atoms with E-state index in [4.69, 9.17) is 5.11 Å². The molecule has 0 amide bonds. The quantitative estimate of drug-likeness (QED) is 0.458. The third-order valence-electron chi connectivity index (χ3n) is 1.25. The highest BCUT2D eigenvalue weighted by Crippen LogP contribution is 2.03. The number of aliphatic hydroxyl groups excluding tert-OH is 1. The highest BCUT2D eigenvalue weighted by atomic mass is 16.4. The van der Waals surface area contributed by atoms with E-state index in [1.54, 1.807) is 0 Å². The maximum absolute atomic E-state index is 10.1. The molecular formula is C6H8O5-2. The van der Waals surface area contributed by atoms with Gasteiger partial charge in [-0.3, -0.25) is 0 Å². The van der Waals surface area contributed by atoms with Gasteiger partial charge in [0.25, 0.3) is 0 Å². The van der Waals surface area contributed by atoms with Gasteiger partial charge in [0.05, 0.1) is 6.61 Å². The molecule has 0 aliphatic heterocycles. The van der Waals surface area contributed by atoms with E-state index in [-0.39, 0.29) is 12.8 Å². The summed E-state index contributed by atoms with van der Waals surface area (Å²) in [7, 11) is 0. The predicted octanol–water partition coefficient (Wildman–Crippen LogP) is -3.13. The van der Waals surface area contributed by atoms with Crippen LogP contribution in [-0.2, 0) is 9.59 Å². The number of hydrogen-bond acceptors (Lipinski definition) is 5. The first kappa shape index (κ1) is 9.90. The largest absolute Gasteiger partial charge is 0.550 e. The third kappa shape index (κ3) is 4.32. The van der Waals surface area contributed by atoms with Crippen molar-refractivity contribution in [2.24, 2.45) is 5.92 Å². The van der Waals surface area contributed by atoms with Crippen molar-refractivity contribution in [2.75, 3.05) is 6.61 Å². The van der Waals surface area contributed by atoms with E-state index in [0.717, 1.165) is 0 Å². The Morgan fingerprint density at radius 2 is 1.91 bits per heavy atom. The first-order valence-corrected chi connectivity index (χ1v) is 3.09. The number of carboxylic acids is 2. The van der Waals surface area contributed by atoms with Crippen LogP contribution in [0.5, 0.6) is 0 Å². The molecular weight excluding hydrogens is 152 g/mol. The van der Waals surface area contributed by atoms with Crippen LogP contribution in [0.15, 0.2) is 0 Å². The van der Waals surface area contributed by atoms with E-state index < -0.39 is 24.5 Å². The van der Waals surface area contributed by atoms with E-state index in [9.17, 15) is 19.8 Å². The Morgan fingerprint density at radius 3 is 2.18 bits per heavy atom. The zero-order valence-electron chi connectivity index (χ0n) is 5.78. The summed E-state index contributed by atoms with van der Waals surface area (Å²) in [6, 6.07) is 0. The van der Waals surface area contributed by atoms with Crippen LogP contribution < -0.4 is 10.2 Å². The Bertz CT molecular complexity index is 153. The first-order chi connectivity index (χ1) is 5.07. The number of rotatable bonds is 5. The molecule has 5 nitrogen and oxygen atoms in total. The molecule has 0 heterocycles. The van der Waals surface area contributed by atoms with Crippen molar-refractivity contribution in [1.82, 2.24) is 0 Å². The monoisotopic (exact) mass is 160 g/mol. The Hall–Kier alpha value is -1.10. The summed E-state index contributed by atoms with van der Waals surface area (Å²) in [5.41, 5.74) is 0. The lowest BCUT2D eigenvalue weighted by molar-refractivity contribution is -0.313. The molecule has 1 N–H and O–H groups in total. The number of aliphatic carboxylic acids is 2. The second kappa shape index (κ2) is 4.68. The van der Waals surface area contributed by atoms with Gasteiger partial charge in [0.15, 0.2) is 0 Å². The van der Waals surface area contributed by atoms with Crippen molar-refractivity contribution in [3.63, 3.8) is 0 Å². The zero-order chi connectivity index (χ0) is 8.85. The van der Waals surface area contributed by atoms with E-state index in [1.165, 1.54) is 0 Å². The molecule has 0 aliphatic rings. The minimum atomic E-state index is -1.44. The van der Waals surface area contributed by atoms with Gasteiger partial charge in [-0.2, -0.15) is 0 Å². The minimum Gasteiger partial charge on any atom is -0.550 e. The van der Waals surface area contributed by atoms with Gasteiger partial charge in [-0.15, -0.1) is 0 Å². The average molecular weight is 160 g/mol. The maximum atomic E-state index is 10.1. The number of hydrogen-bond donors (Lipinski definition) is 1. The second-order valence-corrected chi connectivity index (χ2v) is 2.11. The molecule has 0 aromatic rings. The van der Waals surface area contributed by atoms with Crippen LogP contribution >= 0.6 is 0 Å². The highest BCUT2D eigenvalue weighted by molar-refractivity contribution is 5.69. The van der Waals surface area contributed by atoms with Gasteiger partial charge < -0.3 is 24.9 Å². The normalized spacial score (nSPS) is 12.5. The van der Waals surface area contributed by atoms with Gasteiger partial charge in [0.1, 0.15) is 0 Å². The van der Waals surface area contributed by atoms with Crippen LogP contribution in [0.1, 0.15) is 12.8 Å². The summed E-state index contributed by atoms with van der Waals surface area (Å²) in [4.78, 5) is 19.9. The number of carbonyl (C=O) groups is 2. The molecule has 64 valence electrons. The van der Waals surface area contributed by atoms with Gasteiger partial charge in [-0.25, -0.2) is 0 Å². The standard InChI is InChI=1S/C6H10O5/c7-3-4(6(10)11)1-2-5(8)9/h4,7H,1-3H2,(H,8,9)(H,10,11)/p-2/t4-/m0/s1. The molecule has 1 atom stereocenters. The fraction of sp³-hybridized carbons (Fsp3) is 0.667. The molecule has 0 spiro atoms. The summed E-state index contributed by atoms with van der Waals surface area (Å²) in [5.74, 6) is -3.87. The molecule has 0 unspecified atom stereocenters. The Morgan fingerprint density at radius 1 is 1.36 bits per heavy atom. The van der Waals surface area contributed by atoms with Crippen LogP contribution in [0, 0.1) is 5.92 Å². The zero-order valence-corrected chi connectivity index (χ0v) is 5.78. The summed E-state index contributed by atoms with van der Waals surface area (Å²) in [6.07, 6.45) is -0.527. The molecule has 0 saturated heterocycles. The number of carbonyl (C=O) groups excluding carboxylic acids is 2. The molecule has 0 rings (SSSR count). The molecule has 0 radical (unpaired) electrons. The van der Waals surface area contributed by atoms with Gasteiger partial charge in [-0.1, -0.05) is 0 Å². The smallest absolute Gasteiger partial charge is 0.0511 e. The molecule has 5 heteroatoms. The Kier molecular flexibility index (Phi) is 4.21. The lowest BCUT2D eigenvalue weighted by Crippen LogP contribution is -2.34.